The van der Waals surface area contributed by atoms with Crippen molar-refractivity contribution in [3.8, 4) is 11.8 Å². The third kappa shape index (κ3) is 3.31. The molecule has 0 atom stereocenters. The van der Waals surface area contributed by atoms with Gasteiger partial charge in [0.1, 0.15) is 23.9 Å². The van der Waals surface area contributed by atoms with Crippen LogP contribution < -0.4 is 5.73 Å². The minimum absolute atomic E-state index is 0.114. The molecule has 0 bridgehead atoms. The third-order valence-electron chi connectivity index (χ3n) is 3.68. The first kappa shape index (κ1) is 16.1. The van der Waals surface area contributed by atoms with Crippen molar-refractivity contribution in [3.63, 3.8) is 0 Å². The summed E-state index contributed by atoms with van der Waals surface area (Å²) < 4.78 is 1.65. The number of nitrogens with two attached hydrogens (primary N) is 1. The number of nitriles is 1. The van der Waals surface area contributed by atoms with Crippen LogP contribution in [0.5, 0.6) is 0 Å². The number of nitrogens with zero attached hydrogens (tertiary/aromatic N) is 4. The van der Waals surface area contributed by atoms with Crippen molar-refractivity contribution in [3.05, 3.63) is 77.7 Å². The Kier molecular flexibility index (Phi) is 4.40. The third-order valence-corrected chi connectivity index (χ3v) is 3.68. The maximum absolute atomic E-state index is 12.2. The molecule has 3 aromatic rings. The molecule has 122 valence electrons. The summed E-state index contributed by atoms with van der Waals surface area (Å²) in [4.78, 5) is 20.2. The fourth-order valence-electron chi connectivity index (χ4n) is 2.33. The number of amides is 1. The summed E-state index contributed by atoms with van der Waals surface area (Å²) in [6.07, 6.45) is 1.51. The molecule has 0 radical (unpaired) electrons. The Morgan fingerprint density at radius 1 is 1.16 bits per heavy atom. The number of carbonyl (C=O) groups excluding carboxylic acids is 1. The van der Waals surface area contributed by atoms with Crippen molar-refractivity contribution >= 4 is 17.4 Å². The average molecular weight is 329 g/mol. The van der Waals surface area contributed by atoms with Gasteiger partial charge in [0.25, 0.3) is 5.91 Å². The van der Waals surface area contributed by atoms with Crippen LogP contribution in [0.1, 0.15) is 21.6 Å². The molecule has 1 aromatic heterocycles. The molecule has 2 aromatic carbocycles. The zero-order valence-corrected chi connectivity index (χ0v) is 13.5. The number of carbonyl (C=O) groups is 1. The van der Waals surface area contributed by atoms with Gasteiger partial charge in [0.15, 0.2) is 5.71 Å². The van der Waals surface area contributed by atoms with Crippen LogP contribution in [0.4, 0.5) is 5.82 Å². The zero-order chi connectivity index (χ0) is 17.8. The minimum atomic E-state index is -0.513. The smallest absolute Gasteiger partial charge is 0.278 e. The van der Waals surface area contributed by atoms with E-state index in [2.05, 4.69) is 9.98 Å². The van der Waals surface area contributed by atoms with Crippen LogP contribution in [0, 0.1) is 18.3 Å². The Hall–Kier alpha value is -3.72. The second kappa shape index (κ2) is 6.81. The van der Waals surface area contributed by atoms with Crippen molar-refractivity contribution in [2.24, 2.45) is 4.99 Å². The van der Waals surface area contributed by atoms with Gasteiger partial charge in [0.2, 0.25) is 0 Å². The number of rotatable bonds is 3. The first-order valence-electron chi connectivity index (χ1n) is 7.58. The number of hydrogen-bond acceptors (Lipinski definition) is 4. The highest BCUT2D eigenvalue weighted by Crippen LogP contribution is 2.18. The zero-order valence-electron chi connectivity index (χ0n) is 13.5. The van der Waals surface area contributed by atoms with E-state index in [0.29, 0.717) is 5.56 Å². The standard InChI is InChI=1S/C19H15N5O/c1-13-7-9-15(10-8-13)24-12-22-17(18(24)21)16(11-20)23-19(25)14-5-3-2-4-6-14/h2-10,12H,21H2,1H3. The van der Waals surface area contributed by atoms with Crippen LogP contribution in [0.15, 0.2) is 65.9 Å². The van der Waals surface area contributed by atoms with Crippen LogP contribution >= 0.6 is 0 Å². The number of aliphatic imine (C=N–C) groups is 1. The molecule has 2 N–H and O–H groups in total. The lowest BCUT2D eigenvalue weighted by molar-refractivity contribution is 0.100. The molecule has 0 aliphatic heterocycles. The molecule has 0 unspecified atom stereocenters. The fourth-order valence-corrected chi connectivity index (χ4v) is 2.33. The Morgan fingerprint density at radius 3 is 2.48 bits per heavy atom. The summed E-state index contributed by atoms with van der Waals surface area (Å²) in [6, 6.07) is 18.1. The number of benzene rings is 2. The Labute approximate surface area is 144 Å². The topological polar surface area (TPSA) is 97.1 Å². The first-order chi connectivity index (χ1) is 12.1. The molecule has 0 aliphatic carbocycles. The quantitative estimate of drug-likeness (QED) is 0.747. The van der Waals surface area contributed by atoms with Crippen LogP contribution in [-0.2, 0) is 0 Å². The summed E-state index contributed by atoms with van der Waals surface area (Å²) >= 11 is 0. The van der Waals surface area contributed by atoms with Crippen molar-refractivity contribution in [2.45, 2.75) is 6.92 Å². The molecule has 0 fully saturated rings. The second-order valence-electron chi connectivity index (χ2n) is 5.43. The highest BCUT2D eigenvalue weighted by molar-refractivity contribution is 6.18. The molecule has 6 heteroatoms. The molecule has 3 rings (SSSR count). The molecule has 0 saturated heterocycles. The fraction of sp³-hybridized carbons (Fsp3) is 0.0526. The molecule has 6 nitrogen and oxygen atoms in total. The lowest BCUT2D eigenvalue weighted by Crippen LogP contribution is -2.08. The number of anilines is 1. The van der Waals surface area contributed by atoms with Gasteiger partial charge in [-0.15, -0.1) is 0 Å². The van der Waals surface area contributed by atoms with E-state index in [1.54, 1.807) is 34.9 Å². The summed E-state index contributed by atoms with van der Waals surface area (Å²) in [5, 5.41) is 9.38. The van der Waals surface area contributed by atoms with E-state index < -0.39 is 5.91 Å². The van der Waals surface area contributed by atoms with Crippen molar-refractivity contribution < 1.29 is 4.79 Å². The minimum Gasteiger partial charge on any atom is -0.383 e. The van der Waals surface area contributed by atoms with E-state index in [1.165, 1.54) is 6.33 Å². The van der Waals surface area contributed by atoms with Crippen LogP contribution in [-0.4, -0.2) is 21.2 Å². The molecule has 1 amide bonds. The van der Waals surface area contributed by atoms with Gasteiger partial charge in [-0.05, 0) is 31.2 Å². The number of aromatic nitrogens is 2. The number of hydrogen-bond donors (Lipinski definition) is 1. The lowest BCUT2D eigenvalue weighted by Gasteiger charge is -2.05. The van der Waals surface area contributed by atoms with E-state index in [-0.39, 0.29) is 17.2 Å². The van der Waals surface area contributed by atoms with Gasteiger partial charge in [-0.2, -0.15) is 10.3 Å². The predicted molar refractivity (Wildman–Crippen MR) is 95.6 cm³/mol. The van der Waals surface area contributed by atoms with Gasteiger partial charge in [-0.3, -0.25) is 9.36 Å². The summed E-state index contributed by atoms with van der Waals surface area (Å²) in [5.41, 5.74) is 8.52. The van der Waals surface area contributed by atoms with E-state index >= 15 is 0 Å². The lowest BCUT2D eigenvalue weighted by atomic mass is 10.2. The summed E-state index contributed by atoms with van der Waals surface area (Å²) in [6.45, 7) is 1.99. The Morgan fingerprint density at radius 2 is 1.84 bits per heavy atom. The Bertz CT molecular complexity index is 979. The Balaban J connectivity index is 1.98. The summed E-state index contributed by atoms with van der Waals surface area (Å²) in [5.74, 6) is -0.258. The van der Waals surface area contributed by atoms with E-state index in [1.807, 2.05) is 37.3 Å². The van der Waals surface area contributed by atoms with E-state index in [9.17, 15) is 10.1 Å². The van der Waals surface area contributed by atoms with E-state index in [0.717, 1.165) is 11.3 Å². The van der Waals surface area contributed by atoms with Gasteiger partial charge in [0, 0.05) is 11.3 Å². The van der Waals surface area contributed by atoms with Gasteiger partial charge in [-0.1, -0.05) is 35.9 Å². The van der Waals surface area contributed by atoms with Gasteiger partial charge < -0.3 is 5.73 Å². The normalized spacial score (nSPS) is 11.1. The first-order valence-corrected chi connectivity index (χ1v) is 7.58. The van der Waals surface area contributed by atoms with Crippen LogP contribution in [0.25, 0.3) is 5.69 Å². The maximum atomic E-state index is 12.2. The maximum Gasteiger partial charge on any atom is 0.278 e. The van der Waals surface area contributed by atoms with Crippen molar-refractivity contribution in [2.75, 3.05) is 5.73 Å². The second-order valence-corrected chi connectivity index (χ2v) is 5.43. The predicted octanol–water partition coefficient (Wildman–Crippen LogP) is 2.92. The van der Waals surface area contributed by atoms with Gasteiger partial charge >= 0.3 is 0 Å². The number of aryl methyl sites for hydroxylation is 1. The monoisotopic (exact) mass is 329 g/mol. The molecule has 25 heavy (non-hydrogen) atoms. The molecular formula is C19H15N5O. The number of nitrogen functional groups attached to an aromatic ring is 1. The molecule has 0 aliphatic rings. The van der Waals surface area contributed by atoms with Crippen LogP contribution in [0.2, 0.25) is 0 Å². The van der Waals surface area contributed by atoms with Crippen molar-refractivity contribution in [1.82, 2.24) is 9.55 Å². The molecule has 0 saturated carbocycles. The SMILES string of the molecule is Cc1ccc(-n2cnc(C(C#N)=NC(=O)c3ccccc3)c2N)cc1. The van der Waals surface area contributed by atoms with Gasteiger partial charge in [-0.25, -0.2) is 4.98 Å². The number of imidazole rings is 1. The van der Waals surface area contributed by atoms with Gasteiger partial charge in [0.05, 0.1) is 0 Å². The average Bonchev–Trinajstić information content (AvgIpc) is 3.02. The molecule has 1 heterocycles. The molecular weight excluding hydrogens is 314 g/mol. The highest BCUT2D eigenvalue weighted by atomic mass is 16.1. The van der Waals surface area contributed by atoms with Crippen molar-refractivity contribution in [1.29, 1.82) is 5.26 Å². The summed E-state index contributed by atoms with van der Waals surface area (Å²) in [7, 11) is 0. The van der Waals surface area contributed by atoms with E-state index in [4.69, 9.17) is 5.73 Å². The largest absolute Gasteiger partial charge is 0.383 e. The molecule has 0 spiro atoms. The highest BCUT2D eigenvalue weighted by Gasteiger charge is 2.16. The van der Waals surface area contributed by atoms with Crippen LogP contribution in [0.3, 0.4) is 0 Å².